The zero-order chi connectivity index (χ0) is 6.41. The van der Waals surface area contributed by atoms with E-state index in [9.17, 15) is 0 Å². The van der Waals surface area contributed by atoms with Gasteiger partial charge in [0, 0.05) is 0 Å². The van der Waals surface area contributed by atoms with E-state index in [0.717, 1.165) is 18.4 Å². The van der Waals surface area contributed by atoms with E-state index >= 15 is 0 Å². The van der Waals surface area contributed by atoms with Crippen molar-refractivity contribution in [1.82, 2.24) is 0 Å². The second kappa shape index (κ2) is 4.63. The van der Waals surface area contributed by atoms with E-state index in [-0.39, 0.29) is 0 Å². The van der Waals surface area contributed by atoms with Crippen molar-refractivity contribution >= 4 is 0 Å². The van der Waals surface area contributed by atoms with Crippen molar-refractivity contribution in [2.24, 2.45) is 0 Å². The Morgan fingerprint density at radius 1 is 1.50 bits per heavy atom. The molecule has 0 saturated carbocycles. The molecule has 0 heterocycles. The zero-order valence-corrected chi connectivity index (χ0v) is 5.65. The van der Waals surface area contributed by atoms with E-state index < -0.39 is 0 Å². The molecular formula is C8H13. The molecule has 0 unspecified atom stereocenters. The molecule has 0 fully saturated rings. The van der Waals surface area contributed by atoms with Gasteiger partial charge < -0.3 is 0 Å². The maximum atomic E-state index is 5.40. The molecule has 0 aromatic heterocycles. The minimum Gasteiger partial charge on any atom is -0.0885 e. The van der Waals surface area contributed by atoms with Crippen molar-refractivity contribution in [1.29, 1.82) is 0 Å². The molecule has 0 nitrogen and oxygen atoms in total. The van der Waals surface area contributed by atoms with Crippen LogP contribution in [0.25, 0.3) is 0 Å². The van der Waals surface area contributed by atoms with Gasteiger partial charge in [-0.25, -0.2) is 0 Å². The fourth-order valence-corrected chi connectivity index (χ4v) is 0.436. The molecule has 0 amide bonds. The highest BCUT2D eigenvalue weighted by Crippen LogP contribution is 1.95. The van der Waals surface area contributed by atoms with Crippen molar-refractivity contribution in [3.63, 3.8) is 0 Å². The van der Waals surface area contributed by atoms with Gasteiger partial charge in [0.25, 0.3) is 0 Å². The summed E-state index contributed by atoms with van der Waals surface area (Å²) in [6, 6.07) is 0. The molecule has 0 aromatic rings. The molecule has 0 spiro atoms. The van der Waals surface area contributed by atoms with E-state index in [4.69, 9.17) is 6.58 Å². The molecular weight excluding hydrogens is 96.1 g/mol. The van der Waals surface area contributed by atoms with Gasteiger partial charge in [0.2, 0.25) is 0 Å². The summed E-state index contributed by atoms with van der Waals surface area (Å²) in [6.45, 7) is 9.44. The Bertz CT molecular complexity index is 88.2. The lowest BCUT2D eigenvalue weighted by Gasteiger charge is -1.85. The predicted molar refractivity (Wildman–Crippen MR) is 37.5 cm³/mol. The van der Waals surface area contributed by atoms with E-state index in [1.807, 2.05) is 6.92 Å². The van der Waals surface area contributed by atoms with Crippen LogP contribution in [-0.4, -0.2) is 0 Å². The highest BCUT2D eigenvalue weighted by molar-refractivity contribution is 4.96. The largest absolute Gasteiger partial charge is 0.0885 e. The minimum atomic E-state index is 0.924. The molecule has 45 valence electrons. The summed E-state index contributed by atoms with van der Waals surface area (Å²) >= 11 is 0. The van der Waals surface area contributed by atoms with E-state index in [2.05, 4.69) is 19.1 Å². The van der Waals surface area contributed by atoms with Crippen LogP contribution in [0, 0.1) is 6.58 Å². The third-order valence-electron chi connectivity index (χ3n) is 0.842. The molecule has 0 aliphatic heterocycles. The summed E-state index contributed by atoms with van der Waals surface area (Å²) in [5.74, 6) is 0. The second-order valence-electron chi connectivity index (χ2n) is 1.93. The zero-order valence-electron chi connectivity index (χ0n) is 5.65. The van der Waals surface area contributed by atoms with Crippen LogP contribution in [0.2, 0.25) is 0 Å². The van der Waals surface area contributed by atoms with Crippen LogP contribution in [-0.2, 0) is 0 Å². The van der Waals surface area contributed by atoms with Crippen LogP contribution in [0.4, 0.5) is 0 Å². The first kappa shape index (κ1) is 7.48. The Balaban J connectivity index is 3.16. The first-order valence-electron chi connectivity index (χ1n) is 3.00. The summed E-state index contributed by atoms with van der Waals surface area (Å²) in [6.07, 6.45) is 6.24. The van der Waals surface area contributed by atoms with Crippen molar-refractivity contribution in [3.05, 3.63) is 24.3 Å². The molecule has 8 heavy (non-hydrogen) atoms. The van der Waals surface area contributed by atoms with Gasteiger partial charge in [-0.05, 0) is 19.8 Å². The van der Waals surface area contributed by atoms with Gasteiger partial charge in [-0.2, -0.15) is 0 Å². The Kier molecular flexibility index (Phi) is 4.33. The Morgan fingerprint density at radius 2 is 2.12 bits per heavy atom. The van der Waals surface area contributed by atoms with Crippen LogP contribution < -0.4 is 0 Å². The molecule has 0 heteroatoms. The van der Waals surface area contributed by atoms with Crippen LogP contribution >= 0.6 is 0 Å². The van der Waals surface area contributed by atoms with Gasteiger partial charge in [-0.3, -0.25) is 0 Å². The second-order valence-corrected chi connectivity index (χ2v) is 1.93. The summed E-state index contributed by atoms with van der Waals surface area (Å²) in [7, 11) is 0. The van der Waals surface area contributed by atoms with Gasteiger partial charge in [-0.1, -0.05) is 31.2 Å². The van der Waals surface area contributed by atoms with Crippen LogP contribution in [0.5, 0.6) is 0 Å². The first-order valence-corrected chi connectivity index (χ1v) is 3.00. The Morgan fingerprint density at radius 3 is 2.50 bits per heavy atom. The van der Waals surface area contributed by atoms with Gasteiger partial charge in [-0.15, -0.1) is 0 Å². The van der Waals surface area contributed by atoms with Gasteiger partial charge in [0.05, 0.1) is 0 Å². The lowest BCUT2D eigenvalue weighted by molar-refractivity contribution is 1.16. The maximum Gasteiger partial charge on any atom is -0.0138 e. The summed E-state index contributed by atoms with van der Waals surface area (Å²) in [4.78, 5) is 0. The highest BCUT2D eigenvalue weighted by Gasteiger charge is 1.75. The highest BCUT2D eigenvalue weighted by atomic mass is 13.8. The van der Waals surface area contributed by atoms with Crippen molar-refractivity contribution in [2.75, 3.05) is 0 Å². The predicted octanol–water partition coefficient (Wildman–Crippen LogP) is 2.72. The summed E-state index contributed by atoms with van der Waals surface area (Å²) < 4.78 is 0. The van der Waals surface area contributed by atoms with Crippen LogP contribution in [0.15, 0.2) is 17.7 Å². The van der Waals surface area contributed by atoms with Gasteiger partial charge in [0.1, 0.15) is 0 Å². The normalized spacial score (nSPS) is 10.2. The molecule has 0 aliphatic rings. The van der Waals surface area contributed by atoms with E-state index in [1.165, 1.54) is 0 Å². The monoisotopic (exact) mass is 109 g/mol. The summed E-state index contributed by atoms with van der Waals surface area (Å²) in [5, 5.41) is 0. The molecule has 0 rings (SSSR count). The minimum absolute atomic E-state index is 0.924. The fraction of sp³-hybridized carbons (Fsp3) is 0.500. The topological polar surface area (TPSA) is 0 Å². The molecule has 0 N–H and O–H groups in total. The molecule has 0 saturated heterocycles. The summed E-state index contributed by atoms with van der Waals surface area (Å²) in [5.41, 5.74) is 0.981. The number of hydrogen-bond donors (Lipinski definition) is 0. The molecule has 0 bridgehead atoms. The van der Waals surface area contributed by atoms with Crippen molar-refractivity contribution < 1.29 is 0 Å². The van der Waals surface area contributed by atoms with Gasteiger partial charge in [0.15, 0.2) is 0 Å². The fourth-order valence-electron chi connectivity index (χ4n) is 0.436. The van der Waals surface area contributed by atoms with Crippen molar-refractivity contribution in [2.45, 2.75) is 26.7 Å². The molecule has 0 atom stereocenters. The smallest absolute Gasteiger partial charge is 0.0138 e. The van der Waals surface area contributed by atoms with Gasteiger partial charge >= 0.3 is 0 Å². The van der Waals surface area contributed by atoms with Crippen molar-refractivity contribution in [3.8, 4) is 0 Å². The van der Waals surface area contributed by atoms with Crippen LogP contribution in [0.3, 0.4) is 0 Å². The van der Waals surface area contributed by atoms with E-state index in [0.29, 0.717) is 0 Å². The van der Waals surface area contributed by atoms with E-state index in [1.54, 1.807) is 0 Å². The Hall–Kier alpha value is -0.520. The number of rotatable bonds is 3. The lowest BCUT2D eigenvalue weighted by Crippen LogP contribution is -1.65. The molecule has 0 aliphatic carbocycles. The SMILES string of the molecule is [CH]=C(C)CC=CCC. The average molecular weight is 109 g/mol. The Labute approximate surface area is 51.9 Å². The standard InChI is InChI=1S/C8H13/c1-4-5-6-7-8(2)3/h2,5-6H,4,7H2,1,3H3. The average Bonchev–Trinajstić information content (AvgIpc) is 1.66. The lowest BCUT2D eigenvalue weighted by atomic mass is 10.2. The number of allylic oxidation sites excluding steroid dienone is 3. The molecule has 1 radical (unpaired) electrons. The molecule has 0 aromatic carbocycles. The third kappa shape index (κ3) is 5.48. The maximum absolute atomic E-state index is 5.40. The number of hydrogen-bond acceptors (Lipinski definition) is 0. The third-order valence-corrected chi connectivity index (χ3v) is 0.842. The first-order chi connectivity index (χ1) is 3.77. The quantitative estimate of drug-likeness (QED) is 0.489. The van der Waals surface area contributed by atoms with Crippen LogP contribution in [0.1, 0.15) is 26.7 Å².